The van der Waals surface area contributed by atoms with Gasteiger partial charge in [0.05, 0.1) is 6.54 Å². The predicted octanol–water partition coefficient (Wildman–Crippen LogP) is 2.64. The van der Waals surface area contributed by atoms with Crippen LogP contribution < -0.4 is 10.6 Å². The molecule has 1 unspecified atom stereocenters. The summed E-state index contributed by atoms with van der Waals surface area (Å²) in [5, 5.41) is 5.85. The van der Waals surface area contributed by atoms with E-state index in [-0.39, 0.29) is 24.5 Å². The third-order valence-corrected chi connectivity index (χ3v) is 2.68. The Balaban J connectivity index is 2.57. The van der Waals surface area contributed by atoms with Crippen molar-refractivity contribution in [2.75, 3.05) is 11.9 Å². The number of ether oxygens (including phenoxy) is 1. The van der Waals surface area contributed by atoms with E-state index in [9.17, 15) is 9.59 Å². The Kier molecular flexibility index (Phi) is 5.90. The molecule has 1 aromatic rings. The number of carbonyl (C=O) groups excluding carboxylic acids is 2. The molecule has 116 valence electrons. The fraction of sp³-hybridized carbons (Fsp3) is 0.500. The lowest BCUT2D eigenvalue weighted by Crippen LogP contribution is -2.32. The quantitative estimate of drug-likeness (QED) is 0.819. The molecule has 1 rings (SSSR count). The second kappa shape index (κ2) is 7.22. The molecule has 0 aliphatic carbocycles. The van der Waals surface area contributed by atoms with Crippen LogP contribution in [0.4, 0.5) is 5.69 Å². The number of amides is 1. The Morgan fingerprint density at radius 3 is 2.52 bits per heavy atom. The van der Waals surface area contributed by atoms with Crippen molar-refractivity contribution in [3.63, 3.8) is 0 Å². The molecule has 0 aliphatic rings. The standard InChI is InChI=1S/C16H24N2O3/c1-11(17-10-15(20)21-16(3,4)5)13-7-6-8-14(9-13)18-12(2)19/h6-9,11,17H,10H2,1-5H3,(H,18,19). The number of hydrogen-bond acceptors (Lipinski definition) is 4. The summed E-state index contributed by atoms with van der Waals surface area (Å²) in [6, 6.07) is 7.50. The summed E-state index contributed by atoms with van der Waals surface area (Å²) in [6.45, 7) is 9.08. The molecule has 1 aromatic carbocycles. The normalized spacial score (nSPS) is 12.6. The van der Waals surface area contributed by atoms with Crippen LogP contribution in [0.15, 0.2) is 24.3 Å². The molecular formula is C16H24N2O3. The van der Waals surface area contributed by atoms with Crippen LogP contribution >= 0.6 is 0 Å². The van der Waals surface area contributed by atoms with Gasteiger partial charge in [0, 0.05) is 18.7 Å². The third kappa shape index (κ3) is 6.90. The van der Waals surface area contributed by atoms with Crippen LogP contribution in [0, 0.1) is 0 Å². The lowest BCUT2D eigenvalue weighted by molar-refractivity contribution is -0.153. The molecule has 0 radical (unpaired) electrons. The second-order valence-corrected chi connectivity index (χ2v) is 6.00. The number of benzene rings is 1. The first-order valence-electron chi connectivity index (χ1n) is 7.00. The first-order chi connectivity index (χ1) is 9.67. The maximum Gasteiger partial charge on any atom is 0.320 e. The van der Waals surface area contributed by atoms with E-state index < -0.39 is 5.60 Å². The molecule has 21 heavy (non-hydrogen) atoms. The first-order valence-corrected chi connectivity index (χ1v) is 7.00. The summed E-state index contributed by atoms with van der Waals surface area (Å²) in [4.78, 5) is 22.7. The summed E-state index contributed by atoms with van der Waals surface area (Å²) >= 11 is 0. The fourth-order valence-corrected chi connectivity index (χ4v) is 1.82. The highest BCUT2D eigenvalue weighted by atomic mass is 16.6. The minimum Gasteiger partial charge on any atom is -0.459 e. The molecule has 0 saturated heterocycles. The van der Waals surface area contributed by atoms with E-state index >= 15 is 0 Å². The van der Waals surface area contributed by atoms with Crippen molar-refractivity contribution < 1.29 is 14.3 Å². The zero-order valence-electron chi connectivity index (χ0n) is 13.3. The molecule has 0 spiro atoms. The average Bonchev–Trinajstić information content (AvgIpc) is 2.33. The van der Waals surface area contributed by atoms with Crippen molar-refractivity contribution in [1.82, 2.24) is 5.32 Å². The van der Waals surface area contributed by atoms with Gasteiger partial charge in [-0.15, -0.1) is 0 Å². The van der Waals surface area contributed by atoms with Gasteiger partial charge in [-0.3, -0.25) is 9.59 Å². The molecule has 0 bridgehead atoms. The van der Waals surface area contributed by atoms with E-state index in [1.807, 2.05) is 52.0 Å². The van der Waals surface area contributed by atoms with Crippen LogP contribution in [0.2, 0.25) is 0 Å². The van der Waals surface area contributed by atoms with Gasteiger partial charge in [0.25, 0.3) is 0 Å². The van der Waals surface area contributed by atoms with E-state index in [0.29, 0.717) is 0 Å². The molecule has 5 heteroatoms. The molecule has 1 amide bonds. The van der Waals surface area contributed by atoms with Crippen molar-refractivity contribution in [1.29, 1.82) is 0 Å². The Bertz CT molecular complexity index is 506. The highest BCUT2D eigenvalue weighted by Crippen LogP contribution is 2.17. The van der Waals surface area contributed by atoms with Crippen molar-refractivity contribution in [3.8, 4) is 0 Å². The molecule has 2 N–H and O–H groups in total. The molecule has 0 saturated carbocycles. The molecular weight excluding hydrogens is 268 g/mol. The van der Waals surface area contributed by atoms with Gasteiger partial charge in [0.1, 0.15) is 5.60 Å². The summed E-state index contributed by atoms with van der Waals surface area (Å²) in [6.07, 6.45) is 0. The molecule has 0 aromatic heterocycles. The van der Waals surface area contributed by atoms with Crippen LogP contribution in [0.3, 0.4) is 0 Å². The summed E-state index contributed by atoms with van der Waals surface area (Å²) in [7, 11) is 0. The maximum absolute atomic E-state index is 11.7. The van der Waals surface area contributed by atoms with Gasteiger partial charge < -0.3 is 15.4 Å². The average molecular weight is 292 g/mol. The molecule has 1 atom stereocenters. The Morgan fingerprint density at radius 1 is 1.29 bits per heavy atom. The Labute approximate surface area is 126 Å². The first kappa shape index (κ1) is 17.2. The van der Waals surface area contributed by atoms with Crippen molar-refractivity contribution in [2.24, 2.45) is 0 Å². The molecule has 5 nitrogen and oxygen atoms in total. The van der Waals surface area contributed by atoms with Crippen LogP contribution in [0.5, 0.6) is 0 Å². The highest BCUT2D eigenvalue weighted by molar-refractivity contribution is 5.88. The number of carbonyl (C=O) groups is 2. The monoisotopic (exact) mass is 292 g/mol. The number of nitrogens with one attached hydrogen (secondary N) is 2. The van der Waals surface area contributed by atoms with Gasteiger partial charge in [-0.25, -0.2) is 0 Å². The number of hydrogen-bond donors (Lipinski definition) is 2. The van der Waals surface area contributed by atoms with Gasteiger partial charge >= 0.3 is 5.97 Å². The topological polar surface area (TPSA) is 67.4 Å². The van der Waals surface area contributed by atoms with Crippen molar-refractivity contribution in [2.45, 2.75) is 46.3 Å². The highest BCUT2D eigenvalue weighted by Gasteiger charge is 2.16. The molecule has 0 fully saturated rings. The van der Waals surface area contributed by atoms with Gasteiger partial charge in [-0.2, -0.15) is 0 Å². The van der Waals surface area contributed by atoms with E-state index in [1.165, 1.54) is 6.92 Å². The van der Waals surface area contributed by atoms with Gasteiger partial charge in [0.2, 0.25) is 5.91 Å². The summed E-state index contributed by atoms with van der Waals surface area (Å²) in [5.74, 6) is -0.395. The summed E-state index contributed by atoms with van der Waals surface area (Å²) in [5.41, 5.74) is 1.25. The van der Waals surface area contributed by atoms with Gasteiger partial charge in [-0.1, -0.05) is 12.1 Å². The zero-order valence-corrected chi connectivity index (χ0v) is 13.3. The SMILES string of the molecule is CC(=O)Nc1cccc(C(C)NCC(=O)OC(C)(C)C)c1. The van der Waals surface area contributed by atoms with Gasteiger partial charge in [0.15, 0.2) is 0 Å². The smallest absolute Gasteiger partial charge is 0.320 e. The Hall–Kier alpha value is -1.88. The summed E-state index contributed by atoms with van der Waals surface area (Å²) < 4.78 is 5.24. The van der Waals surface area contributed by atoms with Crippen molar-refractivity contribution in [3.05, 3.63) is 29.8 Å². The lowest BCUT2D eigenvalue weighted by atomic mass is 10.1. The van der Waals surface area contributed by atoms with E-state index in [4.69, 9.17) is 4.74 Å². The van der Waals surface area contributed by atoms with Crippen LogP contribution in [-0.4, -0.2) is 24.0 Å². The molecule has 0 heterocycles. The van der Waals surface area contributed by atoms with Gasteiger partial charge in [-0.05, 0) is 45.4 Å². The predicted molar refractivity (Wildman–Crippen MR) is 83.0 cm³/mol. The minimum absolute atomic E-state index is 0.0220. The number of rotatable bonds is 5. The lowest BCUT2D eigenvalue weighted by Gasteiger charge is -2.21. The van der Waals surface area contributed by atoms with E-state index in [0.717, 1.165) is 11.3 Å². The Morgan fingerprint density at radius 2 is 1.95 bits per heavy atom. The van der Waals surface area contributed by atoms with Crippen LogP contribution in [-0.2, 0) is 14.3 Å². The largest absolute Gasteiger partial charge is 0.459 e. The number of anilines is 1. The van der Waals surface area contributed by atoms with Crippen LogP contribution in [0.25, 0.3) is 0 Å². The fourth-order valence-electron chi connectivity index (χ4n) is 1.82. The van der Waals surface area contributed by atoms with E-state index in [2.05, 4.69) is 10.6 Å². The number of esters is 1. The third-order valence-electron chi connectivity index (χ3n) is 2.68. The molecule has 0 aliphatic heterocycles. The van der Waals surface area contributed by atoms with Crippen LogP contribution in [0.1, 0.15) is 46.2 Å². The van der Waals surface area contributed by atoms with Crippen molar-refractivity contribution >= 4 is 17.6 Å². The minimum atomic E-state index is -0.479. The van der Waals surface area contributed by atoms with E-state index in [1.54, 1.807) is 0 Å². The maximum atomic E-state index is 11.7. The second-order valence-electron chi connectivity index (χ2n) is 6.00. The zero-order chi connectivity index (χ0) is 16.0.